The van der Waals surface area contributed by atoms with Crippen LogP contribution in [0.15, 0.2) is 157 Å². The lowest BCUT2D eigenvalue weighted by molar-refractivity contribution is 1.21. The van der Waals surface area contributed by atoms with Crippen LogP contribution >= 0.6 is 0 Å². The zero-order valence-electron chi connectivity index (χ0n) is 26.6. The van der Waals surface area contributed by atoms with Gasteiger partial charge in [0.15, 0.2) is 0 Å². The topological polar surface area (TPSA) is 0 Å². The van der Waals surface area contributed by atoms with Crippen LogP contribution in [0.1, 0.15) is 31.4 Å². The summed E-state index contributed by atoms with van der Waals surface area (Å²) in [6, 6.07) is 48.7. The second-order valence-electron chi connectivity index (χ2n) is 12.3. The molecule has 220 valence electrons. The zero-order valence-corrected chi connectivity index (χ0v) is 26.6. The Hall–Kier alpha value is -6.08. The number of benzene rings is 6. The summed E-state index contributed by atoms with van der Waals surface area (Å²) in [6.07, 6.45) is 5.22. The molecule has 0 aromatic heterocycles. The first-order valence-corrected chi connectivity index (χ1v) is 16.1. The molecule has 0 fully saturated rings. The third-order valence-electron chi connectivity index (χ3n) is 9.19. The van der Waals surface area contributed by atoms with Gasteiger partial charge in [0.1, 0.15) is 0 Å². The lowest BCUT2D eigenvalue weighted by Crippen LogP contribution is -1.90. The molecule has 0 spiro atoms. The molecule has 0 nitrogen and oxygen atoms in total. The Morgan fingerprint density at radius 3 is 1.00 bits per heavy atom. The van der Waals surface area contributed by atoms with Gasteiger partial charge in [-0.25, -0.2) is 0 Å². The van der Waals surface area contributed by atoms with E-state index in [0.717, 1.165) is 44.0 Å². The highest BCUT2D eigenvalue weighted by Gasteiger charge is 2.04. The molecule has 0 saturated carbocycles. The van der Waals surface area contributed by atoms with Crippen molar-refractivity contribution in [1.29, 1.82) is 0 Å². The summed E-state index contributed by atoms with van der Waals surface area (Å²) in [6.45, 7) is 4.06. The molecule has 0 radical (unpaired) electrons. The van der Waals surface area contributed by atoms with Crippen molar-refractivity contribution in [1.82, 2.24) is 0 Å². The molecule has 0 saturated heterocycles. The van der Waals surface area contributed by atoms with Crippen molar-refractivity contribution in [2.75, 3.05) is 0 Å². The van der Waals surface area contributed by atoms with E-state index in [1.165, 1.54) is 47.3 Å². The molecule has 17 aliphatic rings. The smallest absolute Gasteiger partial charge is 0.0334 e. The number of allylic oxidation sites excluding steroid dienone is 4. The van der Waals surface area contributed by atoms with Gasteiger partial charge in [0.2, 0.25) is 0 Å². The minimum Gasteiger partial charge on any atom is -0.101 e. The molecule has 0 heteroatoms. The van der Waals surface area contributed by atoms with Gasteiger partial charge in [0, 0.05) is 23.1 Å². The van der Waals surface area contributed by atoms with Crippen LogP contribution in [0.4, 0.5) is 0 Å². The molecule has 0 amide bonds. The van der Waals surface area contributed by atoms with E-state index in [-0.39, 0.29) is 0 Å². The average Bonchev–Trinajstić information content (AvgIpc) is 3.56. The van der Waals surface area contributed by atoms with Gasteiger partial charge in [-0.15, -0.1) is 5.92 Å². The number of hydrogen-bond acceptors (Lipinski definition) is 0. The van der Waals surface area contributed by atoms with Gasteiger partial charge < -0.3 is 0 Å². The molecule has 0 N–H and O–H groups in total. The van der Waals surface area contributed by atoms with Gasteiger partial charge in [-0.1, -0.05) is 157 Å². The molecule has 0 unspecified atom stereocenters. The standard InChI is InChI=1S/C47H32/c1-3-4-44-30-47-43-27-23-41(24-28-43)39-19-15-37(16-20-39)35-11-9-34(10-12-35)36-13-17-38(18-14-36)40-21-25-42(26-22-40)46(44)31-45(47)8-7-33-6-5-32(2)29-33/h5-6,9-28,30-31H,29H2,1-2H3. The van der Waals surface area contributed by atoms with Crippen molar-refractivity contribution >= 4 is 0 Å². The van der Waals surface area contributed by atoms with Crippen LogP contribution in [0, 0.1) is 86.3 Å². The van der Waals surface area contributed by atoms with Crippen molar-refractivity contribution < 1.29 is 0 Å². The Kier molecular flexibility index (Phi) is 7.26. The van der Waals surface area contributed by atoms with E-state index in [1.807, 2.05) is 6.92 Å². The summed E-state index contributed by atoms with van der Waals surface area (Å²) in [7, 11) is 0. The van der Waals surface area contributed by atoms with Gasteiger partial charge in [-0.2, -0.15) is 0 Å². The van der Waals surface area contributed by atoms with Gasteiger partial charge in [0.25, 0.3) is 0 Å². The van der Waals surface area contributed by atoms with E-state index in [4.69, 9.17) is 0 Å². The van der Waals surface area contributed by atoms with Gasteiger partial charge in [-0.05, 0) is 88.6 Å². The quantitative estimate of drug-likeness (QED) is 0.153. The lowest BCUT2D eigenvalue weighted by Gasteiger charge is -2.02. The first kappa shape index (κ1) is 28.4. The van der Waals surface area contributed by atoms with Gasteiger partial charge in [0.05, 0.1) is 0 Å². The highest BCUT2D eigenvalue weighted by molar-refractivity contribution is 5.50. The van der Waals surface area contributed by atoms with E-state index in [0.29, 0.717) is 0 Å². The van der Waals surface area contributed by atoms with Crippen LogP contribution < -0.4 is 0 Å². The summed E-state index contributed by atoms with van der Waals surface area (Å²) < 4.78 is 0. The van der Waals surface area contributed by atoms with Gasteiger partial charge in [-0.3, -0.25) is 0 Å². The Morgan fingerprint density at radius 2 is 0.702 bits per heavy atom. The van der Waals surface area contributed by atoms with Crippen molar-refractivity contribution in [3.63, 3.8) is 0 Å². The highest BCUT2D eigenvalue weighted by Crippen LogP contribution is 2.18. The highest BCUT2D eigenvalue weighted by atomic mass is 14.1. The third-order valence-corrected chi connectivity index (χ3v) is 9.19. The minimum absolute atomic E-state index is 0.912. The fraction of sp³-hybridized carbons (Fsp3) is 0.0638. The predicted octanol–water partition coefficient (Wildman–Crippen LogP) is 9.72. The molecule has 6 aromatic rings. The Balaban J connectivity index is 1.52. The lowest BCUT2D eigenvalue weighted by atomic mass is 10.0. The minimum atomic E-state index is 0.912. The van der Waals surface area contributed by atoms with Crippen LogP contribution in [-0.4, -0.2) is 0 Å². The average molecular weight is 597 g/mol. The largest absolute Gasteiger partial charge is 0.101 e. The van der Waals surface area contributed by atoms with Crippen LogP contribution in [0.2, 0.25) is 0 Å². The summed E-state index contributed by atoms with van der Waals surface area (Å²) in [5.41, 5.74) is 4.50. The molecule has 47 heavy (non-hydrogen) atoms. The SMILES string of the molecule is CC#Cc1cc2c(C#CC3=CC=C(C)C3)cc1=c1ccc(cc1)=c1ccc(cc1)=c1ccc(cc1)=c1ccc(cc1)=c1ccc=2cc1. The first-order chi connectivity index (χ1) is 23.1. The molecule has 0 atom stereocenters. The van der Waals surface area contributed by atoms with E-state index in [2.05, 4.69) is 176 Å². The molecule has 17 aliphatic carbocycles. The number of rotatable bonds is 0. The fourth-order valence-corrected chi connectivity index (χ4v) is 6.56. The molecular formula is C47H32. The van der Waals surface area contributed by atoms with Crippen molar-refractivity contribution in [2.45, 2.75) is 20.3 Å². The predicted molar refractivity (Wildman–Crippen MR) is 191 cm³/mol. The summed E-state index contributed by atoms with van der Waals surface area (Å²) in [5, 5.41) is 14.0. The molecule has 23 rings (SSSR count). The summed E-state index contributed by atoms with van der Waals surface area (Å²) in [5.74, 6) is 13.6. The number of hydrogen-bond donors (Lipinski definition) is 0. The maximum absolute atomic E-state index is 3.56. The fourth-order valence-electron chi connectivity index (χ4n) is 6.56. The molecule has 12 bridgehead atoms. The maximum atomic E-state index is 3.56. The van der Waals surface area contributed by atoms with Crippen molar-refractivity contribution in [2.24, 2.45) is 0 Å². The van der Waals surface area contributed by atoms with E-state index in [9.17, 15) is 0 Å². The first-order valence-electron chi connectivity index (χ1n) is 16.1. The molecule has 0 heterocycles. The zero-order chi connectivity index (χ0) is 31.7. The summed E-state index contributed by atoms with van der Waals surface area (Å²) >= 11 is 0. The van der Waals surface area contributed by atoms with Crippen LogP contribution in [0.3, 0.4) is 0 Å². The summed E-state index contributed by atoms with van der Waals surface area (Å²) in [4.78, 5) is 0. The van der Waals surface area contributed by atoms with Crippen LogP contribution in [-0.2, 0) is 0 Å². The molecule has 0 aliphatic heterocycles. The second kappa shape index (κ2) is 12.0. The Bertz CT molecular complexity index is 2950. The Morgan fingerprint density at radius 1 is 0.383 bits per heavy atom. The molecular weight excluding hydrogens is 565 g/mol. The maximum Gasteiger partial charge on any atom is 0.0334 e. The van der Waals surface area contributed by atoms with Crippen LogP contribution in [0.25, 0.3) is 0 Å². The normalized spacial score (nSPS) is 12.3. The van der Waals surface area contributed by atoms with Crippen molar-refractivity contribution in [3.8, 4) is 23.7 Å². The second-order valence-corrected chi connectivity index (χ2v) is 12.3. The third kappa shape index (κ3) is 5.64. The Labute approximate surface area is 273 Å². The van der Waals surface area contributed by atoms with E-state index < -0.39 is 0 Å². The van der Waals surface area contributed by atoms with Crippen molar-refractivity contribution in [3.05, 3.63) is 231 Å². The van der Waals surface area contributed by atoms with E-state index in [1.54, 1.807) is 0 Å². The van der Waals surface area contributed by atoms with Crippen LogP contribution in [0.5, 0.6) is 0 Å². The van der Waals surface area contributed by atoms with Gasteiger partial charge >= 0.3 is 0 Å². The monoisotopic (exact) mass is 596 g/mol. The molecule has 6 aromatic carbocycles. The van der Waals surface area contributed by atoms with E-state index >= 15 is 0 Å².